The van der Waals surface area contributed by atoms with E-state index in [1.807, 2.05) is 38.1 Å². The lowest BCUT2D eigenvalue weighted by Crippen LogP contribution is -2.35. The third kappa shape index (κ3) is 3.29. The number of carbonyl (C=O) groups excluding carboxylic acids is 1. The summed E-state index contributed by atoms with van der Waals surface area (Å²) in [5.41, 5.74) is 4.79. The first-order valence-electron chi connectivity index (χ1n) is 8.35. The van der Waals surface area contributed by atoms with Gasteiger partial charge in [0.05, 0.1) is 6.10 Å². The molecule has 1 amide bonds. The number of aliphatic hydroxyl groups excluding tert-OH is 1. The Kier molecular flexibility index (Phi) is 4.86. The summed E-state index contributed by atoms with van der Waals surface area (Å²) >= 11 is 0. The van der Waals surface area contributed by atoms with Gasteiger partial charge in [-0.3, -0.25) is 0 Å². The molecule has 1 unspecified atom stereocenters. The summed E-state index contributed by atoms with van der Waals surface area (Å²) < 4.78 is 5.41. The predicted octanol–water partition coefficient (Wildman–Crippen LogP) is 3.54. The quantitative estimate of drug-likeness (QED) is 0.884. The van der Waals surface area contributed by atoms with Crippen molar-refractivity contribution >= 4 is 6.09 Å². The molecule has 24 heavy (non-hydrogen) atoms. The van der Waals surface area contributed by atoms with E-state index >= 15 is 0 Å². The Morgan fingerprint density at radius 3 is 2.17 bits per heavy atom. The first kappa shape index (κ1) is 16.5. The highest BCUT2D eigenvalue weighted by atomic mass is 16.5. The van der Waals surface area contributed by atoms with Gasteiger partial charge in [0.1, 0.15) is 6.61 Å². The molecule has 126 valence electrons. The van der Waals surface area contributed by atoms with E-state index in [1.165, 1.54) is 22.3 Å². The topological polar surface area (TPSA) is 58.6 Å². The van der Waals surface area contributed by atoms with E-state index in [0.717, 1.165) is 0 Å². The minimum atomic E-state index is -0.564. The lowest BCUT2D eigenvalue weighted by molar-refractivity contribution is 0.108. The molecule has 2 N–H and O–H groups in total. The molecule has 1 atom stereocenters. The highest BCUT2D eigenvalue weighted by Gasteiger charge is 2.29. The predicted molar refractivity (Wildman–Crippen MR) is 93.9 cm³/mol. The molecule has 0 radical (unpaired) electrons. The standard InChI is InChI=1S/C20H23NO3/c1-13(2)19(22)11-21-20(23)24-12-18-16-9-5-3-7-14(16)15-8-4-6-10-17(15)18/h3-10,13,18-19,22H,11-12H2,1-2H3,(H,21,23). The Labute approximate surface area is 142 Å². The van der Waals surface area contributed by atoms with E-state index in [0.29, 0.717) is 0 Å². The molecular formula is C20H23NO3. The number of benzene rings is 2. The van der Waals surface area contributed by atoms with Gasteiger partial charge < -0.3 is 15.2 Å². The zero-order valence-electron chi connectivity index (χ0n) is 14.0. The van der Waals surface area contributed by atoms with E-state index in [-0.39, 0.29) is 25.0 Å². The van der Waals surface area contributed by atoms with Gasteiger partial charge in [-0.2, -0.15) is 0 Å². The molecule has 0 spiro atoms. The van der Waals surface area contributed by atoms with Gasteiger partial charge in [-0.25, -0.2) is 4.79 Å². The van der Waals surface area contributed by atoms with Crippen LogP contribution in [0.2, 0.25) is 0 Å². The average Bonchev–Trinajstić information content (AvgIpc) is 2.92. The van der Waals surface area contributed by atoms with Gasteiger partial charge in [0.2, 0.25) is 0 Å². The molecule has 4 heteroatoms. The SMILES string of the molecule is CC(C)C(O)CNC(=O)OCC1c2ccccc2-c2ccccc21. The largest absolute Gasteiger partial charge is 0.449 e. The maximum Gasteiger partial charge on any atom is 0.407 e. The molecule has 0 aromatic heterocycles. The van der Waals surface area contributed by atoms with Crippen LogP contribution in [0.25, 0.3) is 11.1 Å². The van der Waals surface area contributed by atoms with Gasteiger partial charge in [0, 0.05) is 12.5 Å². The first-order chi connectivity index (χ1) is 11.6. The molecule has 0 fully saturated rings. The van der Waals surface area contributed by atoms with Crippen molar-refractivity contribution in [1.29, 1.82) is 0 Å². The summed E-state index contributed by atoms with van der Waals surface area (Å²) in [6.07, 6.45) is -1.05. The molecule has 2 aromatic carbocycles. The number of ether oxygens (including phenoxy) is 1. The number of amides is 1. The number of aliphatic hydroxyl groups is 1. The van der Waals surface area contributed by atoms with Crippen LogP contribution in [-0.2, 0) is 4.74 Å². The van der Waals surface area contributed by atoms with E-state index in [2.05, 4.69) is 29.6 Å². The van der Waals surface area contributed by atoms with Crippen LogP contribution in [0.4, 0.5) is 4.79 Å². The zero-order valence-corrected chi connectivity index (χ0v) is 14.0. The van der Waals surface area contributed by atoms with Crippen molar-refractivity contribution < 1.29 is 14.6 Å². The monoisotopic (exact) mass is 325 g/mol. The number of carbonyl (C=O) groups is 1. The summed E-state index contributed by atoms with van der Waals surface area (Å²) in [6.45, 7) is 4.31. The zero-order chi connectivity index (χ0) is 17.1. The lowest BCUT2D eigenvalue weighted by Gasteiger charge is -2.17. The summed E-state index contributed by atoms with van der Waals surface area (Å²) in [7, 11) is 0. The van der Waals surface area contributed by atoms with Crippen LogP contribution in [0, 0.1) is 5.92 Å². The number of hydrogen-bond acceptors (Lipinski definition) is 3. The summed E-state index contributed by atoms with van der Waals surface area (Å²) in [4.78, 5) is 11.9. The molecule has 0 aliphatic heterocycles. The van der Waals surface area contributed by atoms with Gasteiger partial charge in [-0.15, -0.1) is 0 Å². The Morgan fingerprint density at radius 1 is 1.08 bits per heavy atom. The normalized spacial score (nSPS) is 14.2. The Hall–Kier alpha value is -2.33. The molecule has 0 bridgehead atoms. The van der Waals surface area contributed by atoms with Gasteiger partial charge in [0.15, 0.2) is 0 Å². The molecule has 0 saturated carbocycles. The van der Waals surface area contributed by atoms with Crippen molar-refractivity contribution in [3.05, 3.63) is 59.7 Å². The average molecular weight is 325 g/mol. The summed E-state index contributed by atoms with van der Waals surface area (Å²) in [5, 5.41) is 12.4. The Bertz CT molecular complexity index is 681. The first-order valence-corrected chi connectivity index (χ1v) is 8.35. The van der Waals surface area contributed by atoms with Gasteiger partial charge in [0.25, 0.3) is 0 Å². The van der Waals surface area contributed by atoms with E-state index in [4.69, 9.17) is 4.74 Å². The van der Waals surface area contributed by atoms with Crippen LogP contribution in [0.15, 0.2) is 48.5 Å². The van der Waals surface area contributed by atoms with Crippen LogP contribution in [-0.4, -0.2) is 30.5 Å². The summed E-state index contributed by atoms with van der Waals surface area (Å²) in [5.74, 6) is 0.150. The van der Waals surface area contributed by atoms with Gasteiger partial charge in [-0.1, -0.05) is 62.4 Å². The second-order valence-corrected chi connectivity index (χ2v) is 6.52. The van der Waals surface area contributed by atoms with Crippen molar-refractivity contribution in [2.45, 2.75) is 25.9 Å². The molecule has 0 heterocycles. The molecular weight excluding hydrogens is 302 g/mol. The van der Waals surface area contributed by atoms with E-state index in [9.17, 15) is 9.90 Å². The van der Waals surface area contributed by atoms with Gasteiger partial charge in [-0.05, 0) is 28.2 Å². The van der Waals surface area contributed by atoms with Crippen LogP contribution in [0.1, 0.15) is 30.9 Å². The fourth-order valence-electron chi connectivity index (χ4n) is 3.07. The molecule has 2 aromatic rings. The molecule has 1 aliphatic carbocycles. The van der Waals surface area contributed by atoms with Crippen molar-refractivity contribution in [3.63, 3.8) is 0 Å². The fraction of sp³-hybridized carbons (Fsp3) is 0.350. The number of hydrogen-bond donors (Lipinski definition) is 2. The van der Waals surface area contributed by atoms with E-state index < -0.39 is 12.2 Å². The smallest absolute Gasteiger partial charge is 0.407 e. The number of nitrogens with one attached hydrogen (secondary N) is 1. The lowest BCUT2D eigenvalue weighted by atomic mass is 9.98. The van der Waals surface area contributed by atoms with Crippen LogP contribution >= 0.6 is 0 Å². The van der Waals surface area contributed by atoms with Crippen molar-refractivity contribution in [2.75, 3.05) is 13.2 Å². The highest BCUT2D eigenvalue weighted by Crippen LogP contribution is 2.44. The second kappa shape index (κ2) is 7.05. The minimum absolute atomic E-state index is 0.0539. The van der Waals surface area contributed by atoms with E-state index in [1.54, 1.807) is 0 Å². The Balaban J connectivity index is 1.66. The molecule has 3 rings (SSSR count). The second-order valence-electron chi connectivity index (χ2n) is 6.52. The third-order valence-electron chi connectivity index (χ3n) is 4.57. The number of rotatable bonds is 5. The maximum atomic E-state index is 11.9. The fourth-order valence-corrected chi connectivity index (χ4v) is 3.07. The Morgan fingerprint density at radius 2 is 1.62 bits per heavy atom. The van der Waals surface area contributed by atoms with Crippen LogP contribution in [0.5, 0.6) is 0 Å². The van der Waals surface area contributed by atoms with Crippen LogP contribution < -0.4 is 5.32 Å². The molecule has 1 aliphatic rings. The van der Waals surface area contributed by atoms with Crippen LogP contribution in [0.3, 0.4) is 0 Å². The molecule has 4 nitrogen and oxygen atoms in total. The van der Waals surface area contributed by atoms with Crippen molar-refractivity contribution in [3.8, 4) is 11.1 Å². The highest BCUT2D eigenvalue weighted by molar-refractivity contribution is 5.79. The maximum absolute atomic E-state index is 11.9. The van der Waals surface area contributed by atoms with Crippen molar-refractivity contribution in [1.82, 2.24) is 5.32 Å². The molecule has 0 saturated heterocycles. The van der Waals surface area contributed by atoms with Crippen molar-refractivity contribution in [2.24, 2.45) is 5.92 Å². The number of alkyl carbamates (subject to hydrolysis) is 1. The summed E-state index contributed by atoms with van der Waals surface area (Å²) in [6, 6.07) is 16.5. The minimum Gasteiger partial charge on any atom is -0.449 e. The third-order valence-corrected chi connectivity index (χ3v) is 4.57. The number of fused-ring (bicyclic) bond motifs is 3. The van der Waals surface area contributed by atoms with Gasteiger partial charge >= 0.3 is 6.09 Å².